The largest absolute Gasteiger partial charge is 0.490 e. The van der Waals surface area contributed by atoms with E-state index in [4.69, 9.17) is 19.8 Å². The molecule has 3 aromatic heterocycles. The number of halogens is 6. The molecule has 1 fully saturated rings. The lowest BCUT2D eigenvalue weighted by molar-refractivity contribution is -0.193. The molecule has 43 heavy (non-hydrogen) atoms. The maximum absolute atomic E-state index is 13.1. The molecule has 16 heteroatoms. The number of pyridine rings is 2. The Balaban J connectivity index is 0.000000303. The highest BCUT2D eigenvalue weighted by Crippen LogP contribution is 2.47. The number of carboxylic acid groups (broad SMARTS) is 2. The molecule has 0 radical (unpaired) electrons. The quantitative estimate of drug-likeness (QED) is 0.404. The Bertz CT molecular complexity index is 1420. The second-order valence-corrected chi connectivity index (χ2v) is 9.94. The SMILES string of the molecule is CC(C)CN1c2cccnc2-n2cccc2C12CCN(C(=O)c1ccccn1)C2.O=C(O)C(F)(F)F.O=C(O)C(F)(F)F. The summed E-state index contributed by atoms with van der Waals surface area (Å²) in [6.07, 6.45) is -3.67. The van der Waals surface area contributed by atoms with Gasteiger partial charge >= 0.3 is 24.3 Å². The molecule has 1 unspecified atom stereocenters. The summed E-state index contributed by atoms with van der Waals surface area (Å²) in [5.41, 5.74) is 2.60. The first-order valence-corrected chi connectivity index (χ1v) is 12.7. The van der Waals surface area contributed by atoms with Crippen molar-refractivity contribution >= 4 is 23.5 Å². The molecule has 2 N–H and O–H groups in total. The van der Waals surface area contributed by atoms with Gasteiger partial charge in [-0.25, -0.2) is 14.6 Å². The Morgan fingerprint density at radius 3 is 2.05 bits per heavy atom. The first-order valence-electron chi connectivity index (χ1n) is 12.7. The molecular weight excluding hydrogens is 588 g/mol. The monoisotopic (exact) mass is 615 g/mol. The standard InChI is InChI=1S/C23H25N5O.2C2HF3O2/c1-17(2)15-28-19-8-5-12-25-21(19)27-13-6-9-20(27)23(28)10-14-26(16-23)22(29)18-7-3-4-11-24-18;2*3-2(4,5)1(6)7/h3-9,11-13,17H,10,14-16H2,1-2H3;2*(H,6,7). The minimum Gasteiger partial charge on any atom is -0.475 e. The van der Waals surface area contributed by atoms with Gasteiger partial charge in [0.25, 0.3) is 5.91 Å². The third-order valence-electron chi connectivity index (χ3n) is 6.48. The molecule has 2 aliphatic heterocycles. The maximum Gasteiger partial charge on any atom is 0.490 e. The number of hydrogen-bond acceptors (Lipinski definition) is 6. The molecule has 0 bridgehead atoms. The van der Waals surface area contributed by atoms with Crippen LogP contribution >= 0.6 is 0 Å². The maximum atomic E-state index is 13.1. The fourth-order valence-electron chi connectivity index (χ4n) is 4.78. The van der Waals surface area contributed by atoms with Gasteiger partial charge in [0.15, 0.2) is 5.82 Å². The highest BCUT2D eigenvalue weighted by Gasteiger charge is 2.51. The number of fused-ring (bicyclic) bond motifs is 4. The minimum absolute atomic E-state index is 0.00191. The molecule has 10 nitrogen and oxygen atoms in total. The lowest BCUT2D eigenvalue weighted by Gasteiger charge is -2.47. The minimum atomic E-state index is -5.08. The number of carbonyl (C=O) groups is 3. The Morgan fingerprint density at radius 2 is 1.51 bits per heavy atom. The van der Waals surface area contributed by atoms with Crippen molar-refractivity contribution in [2.75, 3.05) is 24.5 Å². The van der Waals surface area contributed by atoms with Crippen molar-refractivity contribution in [2.24, 2.45) is 5.92 Å². The number of nitrogens with zero attached hydrogens (tertiary/aromatic N) is 5. The molecule has 1 atom stereocenters. The van der Waals surface area contributed by atoms with Gasteiger partial charge in [0, 0.05) is 38.2 Å². The predicted molar refractivity (Wildman–Crippen MR) is 140 cm³/mol. The third-order valence-corrected chi connectivity index (χ3v) is 6.48. The van der Waals surface area contributed by atoms with Crippen LogP contribution in [0.1, 0.15) is 36.5 Å². The van der Waals surface area contributed by atoms with Crippen molar-refractivity contribution in [1.29, 1.82) is 0 Å². The Hall–Kier alpha value is -4.63. The fraction of sp³-hybridized carbons (Fsp3) is 0.370. The number of rotatable bonds is 3. The second-order valence-electron chi connectivity index (χ2n) is 9.94. The number of carbonyl (C=O) groups excluding carboxylic acids is 1. The van der Waals surface area contributed by atoms with E-state index >= 15 is 0 Å². The molecule has 2 aliphatic rings. The molecule has 0 aromatic carbocycles. The number of anilines is 1. The lowest BCUT2D eigenvalue weighted by Crippen LogP contribution is -2.54. The van der Waals surface area contributed by atoms with E-state index in [1.165, 1.54) is 5.69 Å². The first kappa shape index (κ1) is 32.9. The number of carboxylic acids is 2. The van der Waals surface area contributed by atoms with Crippen LogP contribution in [0, 0.1) is 5.92 Å². The van der Waals surface area contributed by atoms with Crippen LogP contribution < -0.4 is 4.90 Å². The van der Waals surface area contributed by atoms with Gasteiger partial charge < -0.3 is 24.6 Å². The topological polar surface area (TPSA) is 129 Å². The molecule has 5 rings (SSSR count). The van der Waals surface area contributed by atoms with Crippen LogP contribution in [-0.4, -0.2) is 79.5 Å². The van der Waals surface area contributed by atoms with E-state index in [9.17, 15) is 31.1 Å². The molecule has 5 heterocycles. The number of amides is 1. The van der Waals surface area contributed by atoms with Gasteiger partial charge in [0.2, 0.25) is 0 Å². The molecule has 0 saturated carbocycles. The van der Waals surface area contributed by atoms with Gasteiger partial charge in [0.1, 0.15) is 11.2 Å². The van der Waals surface area contributed by atoms with Gasteiger partial charge in [-0.05, 0) is 48.7 Å². The van der Waals surface area contributed by atoms with Crippen LogP contribution in [0.4, 0.5) is 32.0 Å². The van der Waals surface area contributed by atoms with Crippen molar-refractivity contribution < 1.29 is 50.9 Å². The van der Waals surface area contributed by atoms with E-state index in [1.807, 2.05) is 29.3 Å². The highest BCUT2D eigenvalue weighted by atomic mass is 19.4. The first-order chi connectivity index (χ1) is 20.0. The van der Waals surface area contributed by atoms with Crippen LogP contribution in [0.3, 0.4) is 0 Å². The molecular formula is C27H27F6N5O5. The number of likely N-dealkylation sites (tertiary alicyclic amines) is 1. The van der Waals surface area contributed by atoms with Crippen LogP contribution in [-0.2, 0) is 15.1 Å². The molecule has 1 saturated heterocycles. The lowest BCUT2D eigenvalue weighted by atomic mass is 9.88. The summed E-state index contributed by atoms with van der Waals surface area (Å²) in [5, 5.41) is 14.2. The smallest absolute Gasteiger partial charge is 0.475 e. The van der Waals surface area contributed by atoms with E-state index < -0.39 is 24.3 Å². The van der Waals surface area contributed by atoms with Crippen molar-refractivity contribution in [2.45, 2.75) is 38.2 Å². The third kappa shape index (κ3) is 7.42. The van der Waals surface area contributed by atoms with Gasteiger partial charge in [-0.3, -0.25) is 9.78 Å². The van der Waals surface area contributed by atoms with Crippen molar-refractivity contribution in [3.05, 3.63) is 72.4 Å². The highest BCUT2D eigenvalue weighted by molar-refractivity contribution is 5.92. The molecule has 232 valence electrons. The van der Waals surface area contributed by atoms with Gasteiger partial charge in [0.05, 0.1) is 11.4 Å². The number of aromatic nitrogens is 3. The normalized spacial score (nSPS) is 17.3. The Morgan fingerprint density at radius 1 is 0.907 bits per heavy atom. The van der Waals surface area contributed by atoms with Crippen molar-refractivity contribution in [3.8, 4) is 5.82 Å². The summed E-state index contributed by atoms with van der Waals surface area (Å²) in [6.45, 7) is 6.75. The van der Waals surface area contributed by atoms with Gasteiger partial charge in [-0.1, -0.05) is 19.9 Å². The average molecular weight is 616 g/mol. The van der Waals surface area contributed by atoms with Crippen molar-refractivity contribution in [1.82, 2.24) is 19.4 Å². The van der Waals surface area contributed by atoms with E-state index in [-0.39, 0.29) is 11.4 Å². The zero-order chi connectivity index (χ0) is 32.2. The Kier molecular flexibility index (Phi) is 9.72. The van der Waals surface area contributed by atoms with Crippen LogP contribution in [0.5, 0.6) is 0 Å². The Labute approximate surface area is 241 Å². The van der Waals surface area contributed by atoms with E-state index in [0.717, 1.165) is 24.5 Å². The van der Waals surface area contributed by atoms with Crippen LogP contribution in [0.2, 0.25) is 0 Å². The predicted octanol–water partition coefficient (Wildman–Crippen LogP) is 4.75. The summed E-state index contributed by atoms with van der Waals surface area (Å²) in [7, 11) is 0. The number of aliphatic carboxylic acids is 2. The zero-order valence-corrected chi connectivity index (χ0v) is 22.8. The summed E-state index contributed by atoms with van der Waals surface area (Å²) in [6, 6.07) is 13.9. The molecule has 0 aliphatic carbocycles. The van der Waals surface area contributed by atoms with Crippen LogP contribution in [0.25, 0.3) is 5.82 Å². The van der Waals surface area contributed by atoms with E-state index in [2.05, 4.69) is 57.7 Å². The zero-order valence-electron chi connectivity index (χ0n) is 22.8. The second kappa shape index (κ2) is 12.7. The van der Waals surface area contributed by atoms with Crippen molar-refractivity contribution in [3.63, 3.8) is 0 Å². The van der Waals surface area contributed by atoms with Crippen LogP contribution in [0.15, 0.2) is 61.1 Å². The number of alkyl halides is 6. The summed E-state index contributed by atoms with van der Waals surface area (Å²) >= 11 is 0. The molecule has 1 amide bonds. The van der Waals surface area contributed by atoms with Gasteiger partial charge in [-0.15, -0.1) is 0 Å². The average Bonchev–Trinajstić information content (AvgIpc) is 3.60. The van der Waals surface area contributed by atoms with Gasteiger partial charge in [-0.2, -0.15) is 26.3 Å². The molecule has 3 aromatic rings. The summed E-state index contributed by atoms with van der Waals surface area (Å²) < 4.78 is 65.7. The molecule has 1 spiro atoms. The van der Waals surface area contributed by atoms with E-state index in [0.29, 0.717) is 24.7 Å². The number of hydrogen-bond donors (Lipinski definition) is 2. The van der Waals surface area contributed by atoms with E-state index in [1.54, 1.807) is 12.3 Å². The fourth-order valence-corrected chi connectivity index (χ4v) is 4.78. The summed E-state index contributed by atoms with van der Waals surface area (Å²) in [5.74, 6) is -4.06. The summed E-state index contributed by atoms with van der Waals surface area (Å²) in [4.78, 5) is 44.3.